The molecule has 7 nitrogen and oxygen atoms in total. The highest BCUT2D eigenvalue weighted by molar-refractivity contribution is 7.15. The summed E-state index contributed by atoms with van der Waals surface area (Å²) in [6, 6.07) is 5.19. The van der Waals surface area contributed by atoms with E-state index in [-0.39, 0.29) is 31.1 Å². The van der Waals surface area contributed by atoms with E-state index >= 15 is 0 Å². The van der Waals surface area contributed by atoms with Gasteiger partial charge in [0, 0.05) is 17.8 Å². The lowest BCUT2D eigenvalue weighted by Gasteiger charge is -2.23. The van der Waals surface area contributed by atoms with Crippen molar-refractivity contribution in [1.29, 1.82) is 0 Å². The molecule has 0 aromatic carbocycles. The molecule has 1 aliphatic heterocycles. The zero-order chi connectivity index (χ0) is 18.0. The first-order valence-corrected chi connectivity index (χ1v) is 8.68. The maximum atomic E-state index is 13.8. The fraction of sp³-hybridized carbons (Fsp3) is 0.438. The number of carbonyl (C=O) groups is 2. The number of amides is 2. The number of alkyl halides is 1. The van der Waals surface area contributed by atoms with E-state index in [9.17, 15) is 14.0 Å². The van der Waals surface area contributed by atoms with Gasteiger partial charge in [0.1, 0.15) is 6.17 Å². The van der Waals surface area contributed by atoms with Gasteiger partial charge < -0.3 is 15.0 Å². The van der Waals surface area contributed by atoms with Gasteiger partial charge in [-0.2, -0.15) is 5.10 Å². The summed E-state index contributed by atoms with van der Waals surface area (Å²) in [6.45, 7) is 2.13. The van der Waals surface area contributed by atoms with Gasteiger partial charge in [-0.15, -0.1) is 11.3 Å². The highest BCUT2D eigenvalue weighted by Gasteiger charge is 2.36. The first-order valence-electron chi connectivity index (χ1n) is 7.87. The fourth-order valence-electron chi connectivity index (χ4n) is 2.86. The summed E-state index contributed by atoms with van der Waals surface area (Å²) in [5.41, 5.74) is 0.986. The van der Waals surface area contributed by atoms with Gasteiger partial charge in [0.2, 0.25) is 0 Å². The Kier molecular flexibility index (Phi) is 5.03. The predicted octanol–water partition coefficient (Wildman–Crippen LogP) is 2.36. The van der Waals surface area contributed by atoms with Crippen LogP contribution in [0, 0.1) is 6.92 Å². The lowest BCUT2D eigenvalue weighted by atomic mass is 10.2. The second-order valence-corrected chi connectivity index (χ2v) is 7.18. The summed E-state index contributed by atoms with van der Waals surface area (Å²) >= 11 is 1.60. The van der Waals surface area contributed by atoms with Crippen molar-refractivity contribution < 1.29 is 18.7 Å². The van der Waals surface area contributed by atoms with E-state index in [2.05, 4.69) is 20.3 Å². The van der Waals surface area contributed by atoms with Crippen LogP contribution < -0.4 is 5.32 Å². The maximum absolute atomic E-state index is 13.8. The van der Waals surface area contributed by atoms with Gasteiger partial charge in [-0.3, -0.25) is 9.89 Å². The monoisotopic (exact) mass is 366 g/mol. The Hall–Kier alpha value is -2.42. The van der Waals surface area contributed by atoms with E-state index in [1.54, 1.807) is 17.4 Å². The van der Waals surface area contributed by atoms with Crippen LogP contribution in [0.4, 0.5) is 9.18 Å². The number of hydrogen-bond donors (Lipinski definition) is 2. The van der Waals surface area contributed by atoms with Crippen molar-refractivity contribution in [2.75, 3.05) is 20.2 Å². The summed E-state index contributed by atoms with van der Waals surface area (Å²) < 4.78 is 18.3. The summed E-state index contributed by atoms with van der Waals surface area (Å²) in [5, 5.41) is 9.44. The molecule has 25 heavy (non-hydrogen) atoms. The molecule has 2 aromatic rings. The number of aromatic nitrogens is 2. The van der Waals surface area contributed by atoms with Crippen molar-refractivity contribution in [2.24, 2.45) is 0 Å². The molecule has 0 spiro atoms. The molecular formula is C16H19FN4O3S. The minimum atomic E-state index is -1.12. The third-order valence-corrected chi connectivity index (χ3v) is 5.13. The van der Waals surface area contributed by atoms with Crippen LogP contribution in [0.5, 0.6) is 0 Å². The number of H-pyrrole nitrogens is 1. The average Bonchev–Trinajstić information content (AvgIpc) is 3.31. The Morgan fingerprint density at radius 1 is 1.52 bits per heavy atom. The summed E-state index contributed by atoms with van der Waals surface area (Å²) in [4.78, 5) is 27.5. The summed E-state index contributed by atoms with van der Waals surface area (Å²) in [5.74, 6) is -0.354. The summed E-state index contributed by atoms with van der Waals surface area (Å²) in [6.07, 6.45) is -1.55. The number of aromatic amines is 1. The molecule has 1 saturated heterocycles. The smallest absolute Gasteiger partial charge is 0.406 e. The van der Waals surface area contributed by atoms with Gasteiger partial charge in [0.25, 0.3) is 5.91 Å². The van der Waals surface area contributed by atoms with Crippen molar-refractivity contribution in [3.05, 3.63) is 28.8 Å². The van der Waals surface area contributed by atoms with Gasteiger partial charge >= 0.3 is 6.09 Å². The highest BCUT2D eigenvalue weighted by atomic mass is 32.1. The largest absolute Gasteiger partial charge is 0.453 e. The number of hydrogen-bond acceptors (Lipinski definition) is 5. The molecule has 0 radical (unpaired) electrons. The number of aryl methyl sites for hydroxylation is 1. The first-order chi connectivity index (χ1) is 12.0. The number of rotatable bonds is 4. The van der Waals surface area contributed by atoms with E-state index in [1.165, 1.54) is 12.0 Å². The van der Waals surface area contributed by atoms with E-state index < -0.39 is 18.3 Å². The van der Waals surface area contributed by atoms with Crippen LogP contribution in [-0.4, -0.2) is 59.5 Å². The SMILES string of the molecule is COC(=O)NC[C@@H]1C[C@H](F)CN1C(=O)c1cc(-c2ccc(C)s2)[nH]n1. The average molecular weight is 366 g/mol. The Morgan fingerprint density at radius 2 is 2.32 bits per heavy atom. The number of nitrogens with one attached hydrogen (secondary N) is 2. The Balaban J connectivity index is 1.72. The first kappa shape index (κ1) is 17.4. The molecule has 0 bridgehead atoms. The van der Waals surface area contributed by atoms with E-state index in [1.807, 2.05) is 19.1 Å². The van der Waals surface area contributed by atoms with Crippen LogP contribution in [-0.2, 0) is 4.74 Å². The van der Waals surface area contributed by atoms with E-state index in [0.29, 0.717) is 0 Å². The number of alkyl carbamates (subject to hydrolysis) is 1. The van der Waals surface area contributed by atoms with Gasteiger partial charge in [0.15, 0.2) is 5.69 Å². The van der Waals surface area contributed by atoms with Gasteiger partial charge in [-0.05, 0) is 25.1 Å². The number of halogens is 1. The minimum absolute atomic E-state index is 0.00729. The summed E-state index contributed by atoms with van der Waals surface area (Å²) in [7, 11) is 1.25. The van der Waals surface area contributed by atoms with Crippen LogP contribution >= 0.6 is 11.3 Å². The van der Waals surface area contributed by atoms with Crippen molar-refractivity contribution >= 4 is 23.3 Å². The topological polar surface area (TPSA) is 87.3 Å². The van der Waals surface area contributed by atoms with E-state index in [0.717, 1.165) is 15.4 Å². The minimum Gasteiger partial charge on any atom is -0.453 e. The highest BCUT2D eigenvalue weighted by Crippen LogP contribution is 2.28. The lowest BCUT2D eigenvalue weighted by Crippen LogP contribution is -2.43. The van der Waals surface area contributed by atoms with Crippen molar-refractivity contribution in [3.63, 3.8) is 0 Å². The third kappa shape index (κ3) is 3.81. The molecule has 3 rings (SSSR count). The van der Waals surface area contributed by atoms with Gasteiger partial charge in [0.05, 0.1) is 30.3 Å². The molecule has 2 amide bonds. The van der Waals surface area contributed by atoms with E-state index in [4.69, 9.17) is 0 Å². The second-order valence-electron chi connectivity index (χ2n) is 5.89. The molecule has 3 heterocycles. The Morgan fingerprint density at radius 3 is 3.00 bits per heavy atom. The standard InChI is InChI=1S/C16H19FN4O3S/c1-9-3-4-14(25-9)12-6-13(20-19-12)15(22)21-8-10(17)5-11(21)7-18-16(23)24-2/h3-4,6,10-11H,5,7-8H2,1-2H3,(H,18,23)(H,19,20)/t10-,11-/m0/s1. The van der Waals surface area contributed by atoms with Crippen LogP contribution in [0.25, 0.3) is 10.6 Å². The lowest BCUT2D eigenvalue weighted by molar-refractivity contribution is 0.0720. The molecule has 2 N–H and O–H groups in total. The molecule has 0 saturated carbocycles. The third-order valence-electron chi connectivity index (χ3n) is 4.09. The van der Waals surface area contributed by atoms with Gasteiger partial charge in [-0.1, -0.05) is 0 Å². The number of thiophene rings is 1. The number of ether oxygens (including phenoxy) is 1. The molecule has 0 aliphatic carbocycles. The number of likely N-dealkylation sites (tertiary alicyclic amines) is 1. The second kappa shape index (κ2) is 7.22. The quantitative estimate of drug-likeness (QED) is 0.870. The number of methoxy groups -OCH3 is 1. The maximum Gasteiger partial charge on any atom is 0.406 e. The molecule has 134 valence electrons. The van der Waals surface area contributed by atoms with Gasteiger partial charge in [-0.25, -0.2) is 9.18 Å². The fourth-order valence-corrected chi connectivity index (χ4v) is 3.69. The molecule has 9 heteroatoms. The molecular weight excluding hydrogens is 347 g/mol. The zero-order valence-corrected chi connectivity index (χ0v) is 14.7. The van der Waals surface area contributed by atoms with Crippen LogP contribution in [0.3, 0.4) is 0 Å². The molecule has 1 fully saturated rings. The van der Waals surface area contributed by atoms with Crippen molar-refractivity contribution in [2.45, 2.75) is 25.6 Å². The normalized spacial score (nSPS) is 19.9. The number of nitrogens with zero attached hydrogens (tertiary/aromatic N) is 2. The van der Waals surface area contributed by atoms with Crippen LogP contribution in [0.2, 0.25) is 0 Å². The van der Waals surface area contributed by atoms with Crippen LogP contribution in [0.1, 0.15) is 21.8 Å². The van der Waals surface area contributed by atoms with Crippen molar-refractivity contribution in [1.82, 2.24) is 20.4 Å². The molecule has 2 aromatic heterocycles. The molecule has 0 unspecified atom stereocenters. The predicted molar refractivity (Wildman–Crippen MR) is 91.4 cm³/mol. The molecule has 2 atom stereocenters. The number of carbonyl (C=O) groups excluding carboxylic acids is 2. The molecule has 1 aliphatic rings. The van der Waals surface area contributed by atoms with Crippen molar-refractivity contribution in [3.8, 4) is 10.6 Å². The Labute approximate surface area is 148 Å². The zero-order valence-electron chi connectivity index (χ0n) is 13.9. The van der Waals surface area contributed by atoms with Crippen LogP contribution in [0.15, 0.2) is 18.2 Å². The Bertz CT molecular complexity index is 775.